The summed E-state index contributed by atoms with van der Waals surface area (Å²) in [5.74, 6) is 1.81. The van der Waals surface area contributed by atoms with Gasteiger partial charge in [-0.1, -0.05) is 30.0 Å². The lowest BCUT2D eigenvalue weighted by Crippen LogP contribution is -2.27. The molecule has 0 aliphatic carbocycles. The molecule has 9 heteroatoms. The van der Waals surface area contributed by atoms with Gasteiger partial charge >= 0.3 is 0 Å². The minimum atomic E-state index is -0.0392. The predicted octanol–water partition coefficient (Wildman–Crippen LogP) is 5.22. The lowest BCUT2D eigenvalue weighted by molar-refractivity contribution is -0.118. The monoisotopic (exact) mass is 507 g/mol. The number of hydrogen-bond acceptors (Lipinski definition) is 8. The van der Waals surface area contributed by atoms with Crippen LogP contribution in [0.1, 0.15) is 11.1 Å². The summed E-state index contributed by atoms with van der Waals surface area (Å²) in [4.78, 5) is 21.4. The molecular formula is C26H25N3O4S2. The summed E-state index contributed by atoms with van der Waals surface area (Å²) in [5.41, 5.74) is 3.36. The van der Waals surface area contributed by atoms with Crippen LogP contribution < -0.4 is 14.8 Å². The maximum Gasteiger partial charge on any atom is 0.230 e. The highest BCUT2D eigenvalue weighted by molar-refractivity contribution is 8.01. The topological polar surface area (TPSA) is 93.0 Å². The highest BCUT2D eigenvalue weighted by Crippen LogP contribution is 2.32. The van der Waals surface area contributed by atoms with Crippen LogP contribution in [-0.4, -0.2) is 48.7 Å². The summed E-state index contributed by atoms with van der Waals surface area (Å²) in [7, 11) is 3.21. The van der Waals surface area contributed by atoms with Crippen molar-refractivity contribution in [3.8, 4) is 17.2 Å². The Labute approximate surface area is 211 Å². The Morgan fingerprint density at radius 1 is 1.11 bits per heavy atom. The minimum absolute atomic E-state index is 0.0392. The molecule has 0 saturated carbocycles. The van der Waals surface area contributed by atoms with Gasteiger partial charge in [-0.05, 0) is 54.4 Å². The third-order valence-electron chi connectivity index (χ3n) is 5.15. The number of thiazole rings is 1. The van der Waals surface area contributed by atoms with E-state index in [1.165, 1.54) is 23.1 Å². The number of nitrogens with zero attached hydrogens (tertiary/aromatic N) is 2. The Balaban J connectivity index is 1.28. The third-order valence-corrected chi connectivity index (χ3v) is 7.31. The number of phenolic OH excluding ortho intramolecular Hbond substituents is 1. The highest BCUT2D eigenvalue weighted by Gasteiger charge is 2.09. The number of methoxy groups -OCH3 is 2. The fourth-order valence-corrected chi connectivity index (χ4v) is 5.27. The number of carbonyl (C=O) groups is 1. The standard InChI is InChI=1S/C26H25N3O4S2/c1-32-22-10-7-17(13-23(22)33-2)11-12-27-25(31)16-34-26-29-20-9-8-19(14-24(20)35-26)28-15-18-5-3-4-6-21(18)30/h3-10,13-15,30H,11-12,16H2,1-2H3,(H,27,31). The third kappa shape index (κ3) is 6.52. The molecule has 0 spiro atoms. The zero-order valence-corrected chi connectivity index (χ0v) is 21.0. The fraction of sp³-hybridized carbons (Fsp3) is 0.192. The second kappa shape index (κ2) is 11.7. The number of benzene rings is 3. The van der Waals surface area contributed by atoms with Gasteiger partial charge in [0.25, 0.3) is 0 Å². The van der Waals surface area contributed by atoms with Gasteiger partial charge in [-0.25, -0.2) is 4.98 Å². The molecular weight excluding hydrogens is 482 g/mol. The number of fused-ring (bicyclic) bond motifs is 1. The number of nitrogens with one attached hydrogen (secondary N) is 1. The van der Waals surface area contributed by atoms with E-state index >= 15 is 0 Å². The molecule has 3 aromatic carbocycles. The molecule has 0 fully saturated rings. The molecule has 35 heavy (non-hydrogen) atoms. The van der Waals surface area contributed by atoms with Crippen molar-refractivity contribution in [1.29, 1.82) is 0 Å². The predicted molar refractivity (Wildman–Crippen MR) is 142 cm³/mol. The van der Waals surface area contributed by atoms with E-state index in [0.29, 0.717) is 35.8 Å². The van der Waals surface area contributed by atoms with Crippen LogP contribution in [-0.2, 0) is 11.2 Å². The Morgan fingerprint density at radius 2 is 1.94 bits per heavy atom. The first-order valence-electron chi connectivity index (χ1n) is 10.9. The number of ether oxygens (including phenoxy) is 2. The lowest BCUT2D eigenvalue weighted by atomic mass is 10.1. The van der Waals surface area contributed by atoms with Gasteiger partial charge in [0, 0.05) is 18.3 Å². The van der Waals surface area contributed by atoms with Crippen LogP contribution in [0.3, 0.4) is 0 Å². The van der Waals surface area contributed by atoms with Crippen LogP contribution in [0.4, 0.5) is 5.69 Å². The van der Waals surface area contributed by atoms with Crippen molar-refractivity contribution in [2.24, 2.45) is 4.99 Å². The molecule has 1 amide bonds. The van der Waals surface area contributed by atoms with Crippen molar-refractivity contribution >= 4 is 51.1 Å². The Hall–Kier alpha value is -3.56. The molecule has 0 atom stereocenters. The van der Waals surface area contributed by atoms with Gasteiger partial charge in [0.05, 0.1) is 35.9 Å². The summed E-state index contributed by atoms with van der Waals surface area (Å²) in [6.07, 6.45) is 2.33. The number of thioether (sulfide) groups is 1. The summed E-state index contributed by atoms with van der Waals surface area (Å²) >= 11 is 2.95. The smallest absolute Gasteiger partial charge is 0.230 e. The SMILES string of the molecule is COc1ccc(CCNC(=O)CSc2nc3ccc(N=Cc4ccccc4O)cc3s2)cc1OC. The van der Waals surface area contributed by atoms with Crippen LogP contribution in [0.5, 0.6) is 17.2 Å². The van der Waals surface area contributed by atoms with Gasteiger partial charge in [0.15, 0.2) is 15.8 Å². The maximum atomic E-state index is 12.3. The molecule has 0 radical (unpaired) electrons. The van der Waals surface area contributed by atoms with E-state index < -0.39 is 0 Å². The van der Waals surface area contributed by atoms with E-state index in [0.717, 1.165) is 25.8 Å². The largest absolute Gasteiger partial charge is 0.507 e. The second-order valence-electron chi connectivity index (χ2n) is 7.53. The number of para-hydroxylation sites is 1. The number of rotatable bonds is 10. The molecule has 2 N–H and O–H groups in total. The zero-order chi connectivity index (χ0) is 24.6. The summed E-state index contributed by atoms with van der Waals surface area (Å²) in [5, 5.41) is 12.8. The Kier molecular flexibility index (Phi) is 8.23. The molecule has 0 saturated heterocycles. The molecule has 0 aliphatic rings. The molecule has 0 aliphatic heterocycles. The summed E-state index contributed by atoms with van der Waals surface area (Å²) < 4.78 is 12.4. The molecule has 1 aromatic heterocycles. The van der Waals surface area contributed by atoms with Gasteiger partial charge in [-0.3, -0.25) is 9.79 Å². The van der Waals surface area contributed by atoms with Crippen LogP contribution >= 0.6 is 23.1 Å². The van der Waals surface area contributed by atoms with Crippen molar-refractivity contribution in [1.82, 2.24) is 10.3 Å². The van der Waals surface area contributed by atoms with E-state index in [9.17, 15) is 9.90 Å². The number of aromatic hydroxyl groups is 1. The number of aromatic nitrogens is 1. The first-order chi connectivity index (χ1) is 17.1. The second-order valence-corrected chi connectivity index (χ2v) is 9.78. The molecule has 7 nitrogen and oxygen atoms in total. The van der Waals surface area contributed by atoms with Crippen molar-refractivity contribution in [2.45, 2.75) is 10.8 Å². The molecule has 1 heterocycles. The zero-order valence-electron chi connectivity index (χ0n) is 19.4. The normalized spacial score (nSPS) is 11.1. The van der Waals surface area contributed by atoms with Crippen LogP contribution in [0.25, 0.3) is 10.2 Å². The number of amides is 1. The summed E-state index contributed by atoms with van der Waals surface area (Å²) in [6.45, 7) is 0.535. The van der Waals surface area contributed by atoms with Gasteiger partial charge in [0.1, 0.15) is 5.75 Å². The molecule has 4 rings (SSSR count). The quantitative estimate of drug-likeness (QED) is 0.226. The van der Waals surface area contributed by atoms with E-state index in [-0.39, 0.29) is 11.7 Å². The number of aliphatic imine (C=N–C) groups is 1. The first kappa shape index (κ1) is 24.6. The van der Waals surface area contributed by atoms with Crippen molar-refractivity contribution in [2.75, 3.05) is 26.5 Å². The van der Waals surface area contributed by atoms with E-state index in [1.807, 2.05) is 42.5 Å². The van der Waals surface area contributed by atoms with E-state index in [1.54, 1.807) is 38.6 Å². The average Bonchev–Trinajstić information content (AvgIpc) is 3.29. The highest BCUT2D eigenvalue weighted by atomic mass is 32.2. The van der Waals surface area contributed by atoms with Gasteiger partial charge in [0.2, 0.25) is 5.91 Å². The fourth-order valence-electron chi connectivity index (χ4n) is 3.34. The van der Waals surface area contributed by atoms with Gasteiger partial charge in [-0.15, -0.1) is 11.3 Å². The average molecular weight is 508 g/mol. The molecule has 4 aromatic rings. The van der Waals surface area contributed by atoms with Gasteiger partial charge < -0.3 is 19.9 Å². The van der Waals surface area contributed by atoms with Crippen LogP contribution in [0.15, 0.2) is 70.0 Å². The van der Waals surface area contributed by atoms with Crippen LogP contribution in [0, 0.1) is 0 Å². The molecule has 180 valence electrons. The van der Waals surface area contributed by atoms with E-state index in [2.05, 4.69) is 15.3 Å². The van der Waals surface area contributed by atoms with Gasteiger partial charge in [-0.2, -0.15) is 0 Å². The van der Waals surface area contributed by atoms with Crippen LogP contribution in [0.2, 0.25) is 0 Å². The minimum Gasteiger partial charge on any atom is -0.507 e. The number of carbonyl (C=O) groups excluding carboxylic acids is 1. The molecule has 0 unspecified atom stereocenters. The lowest BCUT2D eigenvalue weighted by Gasteiger charge is -2.10. The van der Waals surface area contributed by atoms with E-state index in [4.69, 9.17) is 9.47 Å². The van der Waals surface area contributed by atoms with Crippen molar-refractivity contribution in [3.05, 3.63) is 71.8 Å². The molecule has 0 bridgehead atoms. The Bertz CT molecular complexity index is 1350. The van der Waals surface area contributed by atoms with Crippen molar-refractivity contribution in [3.63, 3.8) is 0 Å². The van der Waals surface area contributed by atoms with Crippen molar-refractivity contribution < 1.29 is 19.4 Å². The first-order valence-corrected chi connectivity index (χ1v) is 12.7. The Morgan fingerprint density at radius 3 is 2.74 bits per heavy atom. The number of phenols is 1. The maximum absolute atomic E-state index is 12.3. The summed E-state index contributed by atoms with van der Waals surface area (Å²) in [6, 6.07) is 18.5. The number of hydrogen-bond donors (Lipinski definition) is 2.